The molecular weight excluding hydrogens is 256 g/mol. The molecule has 1 aromatic rings. The summed E-state index contributed by atoms with van der Waals surface area (Å²) in [4.78, 5) is 12.0. The van der Waals surface area contributed by atoms with Gasteiger partial charge in [-0.05, 0) is 38.0 Å². The lowest BCUT2D eigenvalue weighted by Gasteiger charge is -2.12. The van der Waals surface area contributed by atoms with Crippen LogP contribution in [0.25, 0.3) is 0 Å². The van der Waals surface area contributed by atoms with Crippen molar-refractivity contribution >= 4 is 11.6 Å². The maximum absolute atomic E-state index is 12.0. The van der Waals surface area contributed by atoms with Crippen LogP contribution in [0, 0.1) is 0 Å². The molecule has 3 N–H and O–H groups in total. The van der Waals surface area contributed by atoms with Gasteiger partial charge in [0.1, 0.15) is 0 Å². The van der Waals surface area contributed by atoms with Crippen molar-refractivity contribution in [3.63, 3.8) is 0 Å². The maximum atomic E-state index is 12.0. The number of nitrogens with one attached hydrogen (secondary N) is 2. The molecule has 1 aromatic carbocycles. The van der Waals surface area contributed by atoms with Gasteiger partial charge in [-0.1, -0.05) is 12.1 Å². The van der Waals surface area contributed by atoms with Gasteiger partial charge in [0.2, 0.25) is 5.91 Å². The SMILES string of the molecule is CC(C)OCc1ccc(NC(=O)C2CC(O)CN2)cc1. The first-order chi connectivity index (χ1) is 9.54. The first kappa shape index (κ1) is 15.0. The van der Waals surface area contributed by atoms with E-state index in [4.69, 9.17) is 4.74 Å². The lowest BCUT2D eigenvalue weighted by atomic mass is 10.1. The Morgan fingerprint density at radius 1 is 1.45 bits per heavy atom. The minimum atomic E-state index is -0.429. The Kier molecular flexibility index (Phi) is 5.11. The summed E-state index contributed by atoms with van der Waals surface area (Å²) in [7, 11) is 0. The molecule has 1 aliphatic heterocycles. The summed E-state index contributed by atoms with van der Waals surface area (Å²) < 4.78 is 5.52. The van der Waals surface area contributed by atoms with E-state index in [1.165, 1.54) is 0 Å². The number of β-amino-alcohol motifs (C(OH)–C–C–N with tert-alkyl or cyclic N) is 1. The second-order valence-electron chi connectivity index (χ2n) is 5.40. The van der Waals surface area contributed by atoms with Gasteiger partial charge >= 0.3 is 0 Å². The molecule has 0 aromatic heterocycles. The Balaban J connectivity index is 1.85. The van der Waals surface area contributed by atoms with Gasteiger partial charge in [0.25, 0.3) is 0 Å². The Bertz CT molecular complexity index is 445. The van der Waals surface area contributed by atoms with Gasteiger partial charge in [0.05, 0.1) is 24.9 Å². The highest BCUT2D eigenvalue weighted by atomic mass is 16.5. The van der Waals surface area contributed by atoms with Crippen molar-refractivity contribution in [2.45, 2.75) is 45.1 Å². The monoisotopic (exact) mass is 278 g/mol. The van der Waals surface area contributed by atoms with Gasteiger partial charge < -0.3 is 20.5 Å². The van der Waals surface area contributed by atoms with Crippen LogP contribution < -0.4 is 10.6 Å². The smallest absolute Gasteiger partial charge is 0.241 e. The third-order valence-corrected chi connectivity index (χ3v) is 3.23. The number of amides is 1. The zero-order valence-electron chi connectivity index (χ0n) is 11.9. The molecule has 0 radical (unpaired) electrons. The predicted octanol–water partition coefficient (Wildman–Crippen LogP) is 1.27. The van der Waals surface area contributed by atoms with E-state index in [1.807, 2.05) is 38.1 Å². The maximum Gasteiger partial charge on any atom is 0.241 e. The Labute approximate surface area is 119 Å². The van der Waals surface area contributed by atoms with Crippen molar-refractivity contribution in [1.82, 2.24) is 5.32 Å². The van der Waals surface area contributed by atoms with Crippen LogP contribution >= 0.6 is 0 Å². The number of aliphatic hydroxyl groups is 1. The average Bonchev–Trinajstić information content (AvgIpc) is 2.85. The fraction of sp³-hybridized carbons (Fsp3) is 0.533. The van der Waals surface area contributed by atoms with Gasteiger partial charge in [-0.3, -0.25) is 4.79 Å². The summed E-state index contributed by atoms with van der Waals surface area (Å²) in [5.41, 5.74) is 1.83. The van der Waals surface area contributed by atoms with Crippen molar-refractivity contribution in [3.05, 3.63) is 29.8 Å². The van der Waals surface area contributed by atoms with E-state index in [2.05, 4.69) is 10.6 Å². The Morgan fingerprint density at radius 2 is 2.15 bits per heavy atom. The highest BCUT2D eigenvalue weighted by Crippen LogP contribution is 2.13. The molecule has 2 atom stereocenters. The quantitative estimate of drug-likeness (QED) is 0.758. The number of ether oxygens (including phenoxy) is 1. The molecule has 2 unspecified atom stereocenters. The standard InChI is InChI=1S/C15H22N2O3/c1-10(2)20-9-11-3-5-12(6-4-11)17-15(19)14-7-13(18)8-16-14/h3-6,10,13-14,16,18H,7-9H2,1-2H3,(H,17,19). The molecule has 1 saturated heterocycles. The summed E-state index contributed by atoms with van der Waals surface area (Å²) in [6, 6.07) is 7.29. The van der Waals surface area contributed by atoms with E-state index in [-0.39, 0.29) is 18.1 Å². The van der Waals surface area contributed by atoms with Gasteiger partial charge in [-0.2, -0.15) is 0 Å². The molecule has 20 heavy (non-hydrogen) atoms. The zero-order valence-corrected chi connectivity index (χ0v) is 11.9. The number of aliphatic hydroxyl groups excluding tert-OH is 1. The topological polar surface area (TPSA) is 70.6 Å². The highest BCUT2D eigenvalue weighted by Gasteiger charge is 2.27. The van der Waals surface area contributed by atoms with Crippen LogP contribution in [0.5, 0.6) is 0 Å². The first-order valence-corrected chi connectivity index (χ1v) is 6.97. The Morgan fingerprint density at radius 3 is 2.70 bits per heavy atom. The highest BCUT2D eigenvalue weighted by molar-refractivity contribution is 5.95. The second-order valence-corrected chi connectivity index (χ2v) is 5.40. The second kappa shape index (κ2) is 6.83. The van der Waals surface area contributed by atoms with E-state index >= 15 is 0 Å². The van der Waals surface area contributed by atoms with Crippen molar-refractivity contribution in [1.29, 1.82) is 0 Å². The van der Waals surface area contributed by atoms with E-state index in [1.54, 1.807) is 0 Å². The van der Waals surface area contributed by atoms with Crippen LogP contribution in [-0.2, 0) is 16.1 Å². The van der Waals surface area contributed by atoms with E-state index in [0.717, 1.165) is 11.3 Å². The molecule has 1 aliphatic rings. The van der Waals surface area contributed by atoms with E-state index in [0.29, 0.717) is 19.6 Å². The largest absolute Gasteiger partial charge is 0.392 e. The number of anilines is 1. The van der Waals surface area contributed by atoms with Crippen LogP contribution in [0.2, 0.25) is 0 Å². The minimum Gasteiger partial charge on any atom is -0.392 e. The molecule has 5 nitrogen and oxygen atoms in total. The van der Waals surface area contributed by atoms with Crippen LogP contribution in [0.1, 0.15) is 25.8 Å². The predicted molar refractivity (Wildman–Crippen MR) is 77.4 cm³/mol. The fourth-order valence-electron chi connectivity index (χ4n) is 2.09. The Hall–Kier alpha value is -1.43. The molecule has 5 heteroatoms. The van der Waals surface area contributed by atoms with Crippen LogP contribution in [0.3, 0.4) is 0 Å². The molecule has 2 rings (SSSR count). The number of rotatable bonds is 5. The molecular formula is C15H22N2O3. The lowest BCUT2D eigenvalue weighted by molar-refractivity contribution is -0.117. The molecule has 1 amide bonds. The minimum absolute atomic E-state index is 0.104. The summed E-state index contributed by atoms with van der Waals surface area (Å²) in [6.45, 7) is 5.04. The normalized spacial score (nSPS) is 22.2. The molecule has 1 heterocycles. The summed E-state index contributed by atoms with van der Waals surface area (Å²) >= 11 is 0. The van der Waals surface area contributed by atoms with Gasteiger partial charge in [-0.15, -0.1) is 0 Å². The number of hydrogen-bond acceptors (Lipinski definition) is 4. The summed E-state index contributed by atoms with van der Waals surface area (Å²) in [6.07, 6.45) is 0.238. The third kappa shape index (κ3) is 4.30. The molecule has 0 aliphatic carbocycles. The van der Waals surface area contributed by atoms with Crippen molar-refractivity contribution in [2.24, 2.45) is 0 Å². The molecule has 1 fully saturated rings. The van der Waals surface area contributed by atoms with Gasteiger partial charge in [0, 0.05) is 12.2 Å². The van der Waals surface area contributed by atoms with Crippen LogP contribution in [0.15, 0.2) is 24.3 Å². The summed E-state index contributed by atoms with van der Waals surface area (Å²) in [5, 5.41) is 15.2. The van der Waals surface area contributed by atoms with E-state index < -0.39 is 6.10 Å². The first-order valence-electron chi connectivity index (χ1n) is 6.97. The van der Waals surface area contributed by atoms with Gasteiger partial charge in [-0.25, -0.2) is 0 Å². The van der Waals surface area contributed by atoms with Gasteiger partial charge in [0.15, 0.2) is 0 Å². The summed E-state index contributed by atoms with van der Waals surface area (Å²) in [5.74, 6) is -0.104. The number of hydrogen-bond donors (Lipinski definition) is 3. The fourth-order valence-corrected chi connectivity index (χ4v) is 2.09. The number of carbonyl (C=O) groups is 1. The van der Waals surface area contributed by atoms with Crippen molar-refractivity contribution in [3.8, 4) is 0 Å². The molecule has 0 spiro atoms. The average molecular weight is 278 g/mol. The van der Waals surface area contributed by atoms with Crippen LogP contribution in [-0.4, -0.2) is 35.8 Å². The third-order valence-electron chi connectivity index (χ3n) is 3.23. The zero-order chi connectivity index (χ0) is 14.5. The lowest BCUT2D eigenvalue weighted by Crippen LogP contribution is -2.35. The van der Waals surface area contributed by atoms with Crippen LogP contribution in [0.4, 0.5) is 5.69 Å². The molecule has 0 saturated carbocycles. The molecule has 110 valence electrons. The van der Waals surface area contributed by atoms with Crippen molar-refractivity contribution in [2.75, 3.05) is 11.9 Å². The number of carbonyl (C=O) groups excluding carboxylic acids is 1. The van der Waals surface area contributed by atoms with Crippen molar-refractivity contribution < 1.29 is 14.6 Å². The molecule has 0 bridgehead atoms. The number of benzene rings is 1. The van der Waals surface area contributed by atoms with E-state index in [9.17, 15) is 9.90 Å².